The Balaban J connectivity index is 1.41. The molecule has 1 N–H and O–H groups in total. The monoisotopic (exact) mass is 406 g/mol. The molecule has 1 aromatic heterocycles. The Hall–Kier alpha value is -2.77. The molecule has 1 aliphatic rings. The van der Waals surface area contributed by atoms with Crippen molar-refractivity contribution in [1.29, 1.82) is 0 Å². The quantitative estimate of drug-likeness (QED) is 0.557. The summed E-state index contributed by atoms with van der Waals surface area (Å²) in [6.45, 7) is -0.313. The molecule has 2 aromatic rings. The Bertz CT molecular complexity index is 845. The number of ether oxygens (including phenoxy) is 1. The molecule has 1 saturated carbocycles. The Morgan fingerprint density at radius 2 is 1.93 bits per heavy atom. The minimum Gasteiger partial charge on any atom is -0.456 e. The smallest absolute Gasteiger partial charge is 0.306 e. The van der Waals surface area contributed by atoms with Gasteiger partial charge in [0.2, 0.25) is 0 Å². The Kier molecular flexibility index (Phi) is 7.32. The largest absolute Gasteiger partial charge is 0.456 e. The van der Waals surface area contributed by atoms with Crippen molar-refractivity contribution >= 4 is 11.9 Å². The van der Waals surface area contributed by atoms with Gasteiger partial charge < -0.3 is 14.5 Å². The number of amides is 1. The number of rotatable bonds is 7. The lowest BCUT2D eigenvalue weighted by Crippen LogP contribution is -2.37. The van der Waals surface area contributed by atoms with Crippen molar-refractivity contribution in [2.24, 2.45) is 0 Å². The van der Waals surface area contributed by atoms with E-state index in [4.69, 9.17) is 9.15 Å². The van der Waals surface area contributed by atoms with Crippen molar-refractivity contribution in [3.63, 3.8) is 0 Å². The van der Waals surface area contributed by atoms with Crippen LogP contribution >= 0.6 is 0 Å². The van der Waals surface area contributed by atoms with E-state index in [1.54, 1.807) is 0 Å². The lowest BCUT2D eigenvalue weighted by atomic mass is 10.1. The molecule has 1 aliphatic carbocycles. The lowest BCUT2D eigenvalue weighted by molar-refractivity contribution is -0.148. The first-order valence-electron chi connectivity index (χ1n) is 9.86. The van der Waals surface area contributed by atoms with Gasteiger partial charge >= 0.3 is 5.97 Å². The first kappa shape index (κ1) is 21.0. The predicted molar refractivity (Wildman–Crippen MR) is 101 cm³/mol. The highest BCUT2D eigenvalue weighted by Crippen LogP contribution is 2.24. The number of hydrogen-bond acceptors (Lipinski definition) is 5. The fourth-order valence-electron chi connectivity index (χ4n) is 3.36. The molecule has 0 saturated heterocycles. The maximum Gasteiger partial charge on any atom is 0.306 e. The third-order valence-electron chi connectivity index (χ3n) is 4.88. The highest BCUT2D eigenvalue weighted by molar-refractivity contribution is 5.80. The number of aromatic nitrogens is 1. The van der Waals surface area contributed by atoms with E-state index in [0.717, 1.165) is 37.8 Å². The Labute approximate surface area is 167 Å². The SMILES string of the molecule is O=C(COC(=O)CCc1ncc(-c2ccc(F)cc2F)o1)NC1CCCCCC1. The normalized spacial score (nSPS) is 15.0. The number of nitrogens with zero attached hydrogens (tertiary/aromatic N) is 1. The second-order valence-corrected chi connectivity index (χ2v) is 7.16. The van der Waals surface area contributed by atoms with E-state index in [1.807, 2.05) is 0 Å². The first-order valence-corrected chi connectivity index (χ1v) is 9.86. The summed E-state index contributed by atoms with van der Waals surface area (Å²) < 4.78 is 37.2. The van der Waals surface area contributed by atoms with Crippen LogP contribution in [0.25, 0.3) is 11.3 Å². The first-order chi connectivity index (χ1) is 14.0. The van der Waals surface area contributed by atoms with E-state index < -0.39 is 17.6 Å². The van der Waals surface area contributed by atoms with Gasteiger partial charge in [-0.1, -0.05) is 25.7 Å². The summed E-state index contributed by atoms with van der Waals surface area (Å²) in [5.74, 6) is -1.91. The summed E-state index contributed by atoms with van der Waals surface area (Å²) in [6, 6.07) is 3.30. The third kappa shape index (κ3) is 6.37. The van der Waals surface area contributed by atoms with E-state index in [0.29, 0.717) is 0 Å². The molecule has 0 atom stereocenters. The molecule has 0 radical (unpaired) electrons. The molecule has 0 unspecified atom stereocenters. The number of carbonyl (C=O) groups is 2. The van der Waals surface area contributed by atoms with Crippen molar-refractivity contribution in [1.82, 2.24) is 10.3 Å². The molecule has 1 fully saturated rings. The van der Waals surface area contributed by atoms with Crippen LogP contribution in [0.4, 0.5) is 8.78 Å². The van der Waals surface area contributed by atoms with Gasteiger partial charge in [-0.25, -0.2) is 13.8 Å². The van der Waals surface area contributed by atoms with Gasteiger partial charge in [0.05, 0.1) is 18.2 Å². The van der Waals surface area contributed by atoms with Crippen LogP contribution in [-0.2, 0) is 20.7 Å². The summed E-state index contributed by atoms with van der Waals surface area (Å²) in [7, 11) is 0. The van der Waals surface area contributed by atoms with Gasteiger partial charge in [-0.3, -0.25) is 9.59 Å². The molecule has 1 aromatic carbocycles. The third-order valence-corrected chi connectivity index (χ3v) is 4.88. The van der Waals surface area contributed by atoms with Crippen molar-refractivity contribution < 1.29 is 27.5 Å². The fraction of sp³-hybridized carbons (Fsp3) is 0.476. The van der Waals surface area contributed by atoms with Gasteiger partial charge in [-0.2, -0.15) is 0 Å². The standard InChI is InChI=1S/C21H24F2N2O4/c22-14-7-8-16(17(23)11-14)18-12-24-20(29-18)9-10-21(27)28-13-19(26)25-15-5-3-1-2-4-6-15/h7-8,11-12,15H,1-6,9-10,13H2,(H,25,26). The van der Waals surface area contributed by atoms with Crippen LogP contribution in [-0.4, -0.2) is 29.5 Å². The summed E-state index contributed by atoms with van der Waals surface area (Å²) >= 11 is 0. The second-order valence-electron chi connectivity index (χ2n) is 7.16. The summed E-state index contributed by atoms with van der Waals surface area (Å²) in [5.41, 5.74) is 0.0860. The zero-order chi connectivity index (χ0) is 20.6. The molecule has 29 heavy (non-hydrogen) atoms. The molecular weight excluding hydrogens is 382 g/mol. The lowest BCUT2D eigenvalue weighted by Gasteiger charge is -2.16. The highest BCUT2D eigenvalue weighted by atomic mass is 19.1. The van der Waals surface area contributed by atoms with Crippen LogP contribution in [0.3, 0.4) is 0 Å². The maximum absolute atomic E-state index is 13.8. The molecule has 0 spiro atoms. The van der Waals surface area contributed by atoms with Gasteiger partial charge in [0, 0.05) is 18.5 Å². The van der Waals surface area contributed by atoms with Crippen molar-refractivity contribution in [2.75, 3.05) is 6.61 Å². The van der Waals surface area contributed by atoms with Crippen molar-refractivity contribution in [2.45, 2.75) is 57.4 Å². The van der Waals surface area contributed by atoms with Crippen molar-refractivity contribution in [3.8, 4) is 11.3 Å². The van der Waals surface area contributed by atoms with Crippen LogP contribution in [0.5, 0.6) is 0 Å². The van der Waals surface area contributed by atoms with Gasteiger partial charge in [0.15, 0.2) is 18.3 Å². The summed E-state index contributed by atoms with van der Waals surface area (Å²) in [5, 5.41) is 2.91. The van der Waals surface area contributed by atoms with Gasteiger partial charge in [-0.15, -0.1) is 0 Å². The second kappa shape index (κ2) is 10.1. The number of nitrogens with one attached hydrogen (secondary N) is 1. The predicted octanol–water partition coefficient (Wildman–Crippen LogP) is 3.93. The van der Waals surface area contributed by atoms with Crippen LogP contribution < -0.4 is 5.32 Å². The van der Waals surface area contributed by atoms with Crippen LogP contribution in [0.1, 0.15) is 50.8 Å². The van der Waals surface area contributed by atoms with Crippen LogP contribution in [0, 0.1) is 11.6 Å². The Morgan fingerprint density at radius 3 is 2.66 bits per heavy atom. The minimum atomic E-state index is -0.758. The number of oxazole rings is 1. The number of aryl methyl sites for hydroxylation is 1. The van der Waals surface area contributed by atoms with Crippen LogP contribution in [0.2, 0.25) is 0 Å². The average molecular weight is 406 g/mol. The minimum absolute atomic E-state index is 0.0252. The number of carbonyl (C=O) groups excluding carboxylic acids is 2. The molecule has 1 amide bonds. The van der Waals surface area contributed by atoms with Gasteiger partial charge in [-0.05, 0) is 25.0 Å². The molecule has 0 bridgehead atoms. The van der Waals surface area contributed by atoms with Crippen LogP contribution in [0.15, 0.2) is 28.8 Å². The number of hydrogen-bond donors (Lipinski definition) is 1. The number of benzene rings is 1. The van der Waals surface area contributed by atoms with E-state index in [9.17, 15) is 18.4 Å². The summed E-state index contributed by atoms with van der Waals surface area (Å²) in [6.07, 6.45) is 7.94. The molecule has 156 valence electrons. The maximum atomic E-state index is 13.8. The van der Waals surface area contributed by atoms with E-state index in [2.05, 4.69) is 10.3 Å². The number of halogens is 2. The molecule has 8 heteroatoms. The molecule has 6 nitrogen and oxygen atoms in total. The molecule has 1 heterocycles. The fourth-order valence-corrected chi connectivity index (χ4v) is 3.36. The van der Waals surface area contributed by atoms with Gasteiger partial charge in [0.25, 0.3) is 5.91 Å². The summed E-state index contributed by atoms with van der Waals surface area (Å²) in [4.78, 5) is 27.8. The highest BCUT2D eigenvalue weighted by Gasteiger charge is 2.17. The van der Waals surface area contributed by atoms with Crippen molar-refractivity contribution in [3.05, 3.63) is 41.9 Å². The Morgan fingerprint density at radius 1 is 1.17 bits per heavy atom. The number of esters is 1. The molecule has 0 aliphatic heterocycles. The topological polar surface area (TPSA) is 81.4 Å². The molecule has 3 rings (SSSR count). The van der Waals surface area contributed by atoms with E-state index in [-0.39, 0.29) is 48.6 Å². The average Bonchev–Trinajstić information content (AvgIpc) is 3.01. The zero-order valence-electron chi connectivity index (χ0n) is 16.1. The van der Waals surface area contributed by atoms with Gasteiger partial charge in [0.1, 0.15) is 11.6 Å². The van der Waals surface area contributed by atoms with E-state index in [1.165, 1.54) is 25.1 Å². The zero-order valence-corrected chi connectivity index (χ0v) is 16.1. The van der Waals surface area contributed by atoms with E-state index >= 15 is 0 Å². The molecular formula is C21H24F2N2O4.